The summed E-state index contributed by atoms with van der Waals surface area (Å²) >= 11 is 0. The average Bonchev–Trinajstić information content (AvgIpc) is 2.11. The standard InChI is InChI=1S/C10H19NO4/c1-6(7(11)9(13)14-5)8(12)15-10(2,3)4/h6-7H,11H2,1-5H3. The van der Waals surface area contributed by atoms with Crippen LogP contribution in [-0.4, -0.2) is 30.7 Å². The molecule has 2 unspecified atom stereocenters. The minimum Gasteiger partial charge on any atom is -0.468 e. The Morgan fingerprint density at radius 3 is 2.00 bits per heavy atom. The van der Waals surface area contributed by atoms with Gasteiger partial charge in [0.1, 0.15) is 11.6 Å². The lowest BCUT2D eigenvalue weighted by atomic mass is 10.0. The van der Waals surface area contributed by atoms with E-state index in [4.69, 9.17) is 10.5 Å². The number of esters is 2. The van der Waals surface area contributed by atoms with E-state index in [0.717, 1.165) is 0 Å². The summed E-state index contributed by atoms with van der Waals surface area (Å²) in [4.78, 5) is 22.6. The van der Waals surface area contributed by atoms with Crippen molar-refractivity contribution in [2.45, 2.75) is 39.3 Å². The van der Waals surface area contributed by atoms with Crippen molar-refractivity contribution in [3.63, 3.8) is 0 Å². The number of carbonyl (C=O) groups excluding carboxylic acids is 2. The first-order valence-electron chi connectivity index (χ1n) is 4.75. The topological polar surface area (TPSA) is 78.6 Å². The van der Waals surface area contributed by atoms with Gasteiger partial charge in [-0.3, -0.25) is 9.59 Å². The van der Waals surface area contributed by atoms with Crippen molar-refractivity contribution >= 4 is 11.9 Å². The van der Waals surface area contributed by atoms with Gasteiger partial charge in [0.25, 0.3) is 0 Å². The number of ether oxygens (including phenoxy) is 2. The van der Waals surface area contributed by atoms with E-state index in [1.54, 1.807) is 20.8 Å². The molecule has 0 aliphatic rings. The predicted octanol–water partition coefficient (Wildman–Crippen LogP) is 0.464. The Bertz CT molecular complexity index is 244. The molecule has 2 atom stereocenters. The molecule has 0 rings (SSSR count). The Kier molecular flexibility index (Phi) is 4.74. The Hall–Kier alpha value is -1.10. The van der Waals surface area contributed by atoms with E-state index in [1.807, 2.05) is 0 Å². The summed E-state index contributed by atoms with van der Waals surface area (Å²) in [6.45, 7) is 6.79. The third-order valence-corrected chi connectivity index (χ3v) is 1.79. The molecule has 0 aliphatic carbocycles. The fourth-order valence-electron chi connectivity index (χ4n) is 0.882. The minimum absolute atomic E-state index is 0.500. The van der Waals surface area contributed by atoms with E-state index >= 15 is 0 Å². The number of carbonyl (C=O) groups is 2. The highest BCUT2D eigenvalue weighted by atomic mass is 16.6. The second kappa shape index (κ2) is 5.11. The molecule has 0 aromatic rings. The van der Waals surface area contributed by atoms with E-state index in [1.165, 1.54) is 14.0 Å². The zero-order valence-electron chi connectivity index (χ0n) is 9.87. The van der Waals surface area contributed by atoms with E-state index in [-0.39, 0.29) is 0 Å². The van der Waals surface area contributed by atoms with E-state index in [2.05, 4.69) is 4.74 Å². The van der Waals surface area contributed by atoms with Crippen LogP contribution < -0.4 is 5.73 Å². The van der Waals surface area contributed by atoms with Crippen LogP contribution in [0.25, 0.3) is 0 Å². The summed E-state index contributed by atoms with van der Waals surface area (Å²) in [6, 6.07) is -0.982. The van der Waals surface area contributed by atoms with Gasteiger partial charge in [-0.15, -0.1) is 0 Å². The highest BCUT2D eigenvalue weighted by Crippen LogP contribution is 2.13. The molecule has 0 radical (unpaired) electrons. The molecule has 88 valence electrons. The first kappa shape index (κ1) is 13.9. The van der Waals surface area contributed by atoms with Gasteiger partial charge in [-0.1, -0.05) is 0 Å². The molecule has 0 fully saturated rings. The van der Waals surface area contributed by atoms with Gasteiger partial charge in [-0.25, -0.2) is 0 Å². The molecule has 0 saturated carbocycles. The quantitative estimate of drug-likeness (QED) is 0.695. The number of methoxy groups -OCH3 is 1. The van der Waals surface area contributed by atoms with Crippen LogP contribution in [0.3, 0.4) is 0 Å². The first-order valence-corrected chi connectivity index (χ1v) is 4.75. The number of rotatable bonds is 3. The molecule has 15 heavy (non-hydrogen) atoms. The van der Waals surface area contributed by atoms with Crippen molar-refractivity contribution in [3.8, 4) is 0 Å². The molecule has 0 heterocycles. The lowest BCUT2D eigenvalue weighted by Crippen LogP contribution is -2.43. The van der Waals surface area contributed by atoms with Gasteiger partial charge in [0.2, 0.25) is 0 Å². The molecule has 0 amide bonds. The number of hydrogen-bond donors (Lipinski definition) is 1. The van der Waals surface area contributed by atoms with Crippen LogP contribution in [-0.2, 0) is 19.1 Å². The van der Waals surface area contributed by atoms with Crippen molar-refractivity contribution in [2.75, 3.05) is 7.11 Å². The van der Waals surface area contributed by atoms with Crippen LogP contribution in [0.1, 0.15) is 27.7 Å². The summed E-state index contributed by atoms with van der Waals surface area (Å²) in [7, 11) is 1.23. The summed E-state index contributed by atoms with van der Waals surface area (Å²) in [6.07, 6.45) is 0. The minimum atomic E-state index is -0.982. The second-order valence-electron chi connectivity index (χ2n) is 4.37. The van der Waals surface area contributed by atoms with Crippen molar-refractivity contribution in [1.82, 2.24) is 0 Å². The van der Waals surface area contributed by atoms with E-state index in [9.17, 15) is 9.59 Å². The normalized spacial score (nSPS) is 15.3. The van der Waals surface area contributed by atoms with Crippen molar-refractivity contribution in [1.29, 1.82) is 0 Å². The fraction of sp³-hybridized carbons (Fsp3) is 0.800. The van der Waals surface area contributed by atoms with Crippen molar-refractivity contribution in [2.24, 2.45) is 11.7 Å². The SMILES string of the molecule is COC(=O)C(N)C(C)C(=O)OC(C)(C)C. The zero-order chi connectivity index (χ0) is 12.2. The molecule has 0 aromatic heterocycles. The molecular formula is C10H19NO4. The van der Waals surface area contributed by atoms with Gasteiger partial charge in [0.05, 0.1) is 13.0 Å². The Morgan fingerprint density at radius 1 is 1.20 bits per heavy atom. The van der Waals surface area contributed by atoms with Crippen LogP contribution in [0, 0.1) is 5.92 Å². The predicted molar refractivity (Wildman–Crippen MR) is 55.0 cm³/mol. The maximum Gasteiger partial charge on any atom is 0.323 e. The smallest absolute Gasteiger partial charge is 0.323 e. The van der Waals surface area contributed by atoms with Gasteiger partial charge in [-0.2, -0.15) is 0 Å². The molecule has 0 saturated heterocycles. The Balaban J connectivity index is 4.39. The van der Waals surface area contributed by atoms with E-state index < -0.39 is 29.5 Å². The summed E-state index contributed by atoms with van der Waals surface area (Å²) in [5.74, 6) is -1.83. The van der Waals surface area contributed by atoms with Crippen LogP contribution >= 0.6 is 0 Å². The largest absolute Gasteiger partial charge is 0.468 e. The van der Waals surface area contributed by atoms with Crippen LogP contribution in [0.15, 0.2) is 0 Å². The summed E-state index contributed by atoms with van der Waals surface area (Å²) in [5, 5.41) is 0. The van der Waals surface area contributed by atoms with Gasteiger partial charge >= 0.3 is 11.9 Å². The molecule has 0 aromatic carbocycles. The monoisotopic (exact) mass is 217 g/mol. The molecule has 2 N–H and O–H groups in total. The van der Waals surface area contributed by atoms with Crippen LogP contribution in [0.5, 0.6) is 0 Å². The lowest BCUT2D eigenvalue weighted by molar-refractivity contribution is -0.163. The van der Waals surface area contributed by atoms with Crippen molar-refractivity contribution < 1.29 is 19.1 Å². The molecule has 5 nitrogen and oxygen atoms in total. The summed E-state index contributed by atoms with van der Waals surface area (Å²) in [5.41, 5.74) is 4.93. The third kappa shape index (κ3) is 4.78. The van der Waals surface area contributed by atoms with Gasteiger partial charge in [-0.05, 0) is 27.7 Å². The van der Waals surface area contributed by atoms with Crippen LogP contribution in [0.4, 0.5) is 0 Å². The molecule has 0 bridgehead atoms. The number of hydrogen-bond acceptors (Lipinski definition) is 5. The van der Waals surface area contributed by atoms with Crippen LogP contribution in [0.2, 0.25) is 0 Å². The fourth-order valence-corrected chi connectivity index (χ4v) is 0.882. The third-order valence-electron chi connectivity index (χ3n) is 1.79. The highest BCUT2D eigenvalue weighted by molar-refractivity contribution is 5.84. The van der Waals surface area contributed by atoms with Crippen molar-refractivity contribution in [3.05, 3.63) is 0 Å². The zero-order valence-corrected chi connectivity index (χ0v) is 9.87. The van der Waals surface area contributed by atoms with Gasteiger partial charge in [0, 0.05) is 0 Å². The Labute approximate surface area is 89.9 Å². The highest BCUT2D eigenvalue weighted by Gasteiger charge is 2.31. The number of nitrogens with two attached hydrogens (primary N) is 1. The van der Waals surface area contributed by atoms with Gasteiger partial charge < -0.3 is 15.2 Å². The molecule has 5 heteroatoms. The molecule has 0 aliphatic heterocycles. The Morgan fingerprint density at radius 2 is 1.67 bits per heavy atom. The van der Waals surface area contributed by atoms with E-state index in [0.29, 0.717) is 0 Å². The average molecular weight is 217 g/mol. The first-order chi connectivity index (χ1) is 6.69. The molecule has 0 spiro atoms. The summed E-state index contributed by atoms with van der Waals surface area (Å²) < 4.78 is 9.53. The second-order valence-corrected chi connectivity index (χ2v) is 4.37. The molecular weight excluding hydrogens is 198 g/mol. The maximum atomic E-state index is 11.5. The maximum absolute atomic E-state index is 11.5. The van der Waals surface area contributed by atoms with Gasteiger partial charge in [0.15, 0.2) is 0 Å². The lowest BCUT2D eigenvalue weighted by Gasteiger charge is -2.24.